The van der Waals surface area contributed by atoms with Crippen LogP contribution in [0.4, 0.5) is 11.4 Å². The highest BCUT2D eigenvalue weighted by Gasteiger charge is 2.42. The summed E-state index contributed by atoms with van der Waals surface area (Å²) in [4.78, 5) is 23.0. The van der Waals surface area contributed by atoms with Gasteiger partial charge in [0.2, 0.25) is 5.91 Å². The summed E-state index contributed by atoms with van der Waals surface area (Å²) < 4.78 is 0. The van der Waals surface area contributed by atoms with Crippen molar-refractivity contribution < 1.29 is 9.72 Å². The molecule has 1 aromatic carbocycles. The summed E-state index contributed by atoms with van der Waals surface area (Å²) in [5.41, 5.74) is 0.614. The van der Waals surface area contributed by atoms with Crippen molar-refractivity contribution in [3.8, 4) is 6.07 Å². The third-order valence-electron chi connectivity index (χ3n) is 4.16. The van der Waals surface area contributed by atoms with Gasteiger partial charge in [0.15, 0.2) is 0 Å². The van der Waals surface area contributed by atoms with Gasteiger partial charge in [0.25, 0.3) is 5.69 Å². The molecule has 0 heterocycles. The third-order valence-corrected chi connectivity index (χ3v) is 4.16. The maximum atomic E-state index is 12.4. The third kappa shape index (κ3) is 2.72. The first-order chi connectivity index (χ1) is 9.89. The minimum atomic E-state index is -1.05. The zero-order valence-electron chi connectivity index (χ0n) is 12.1. The van der Waals surface area contributed by atoms with E-state index in [2.05, 4.69) is 11.4 Å². The van der Waals surface area contributed by atoms with Gasteiger partial charge in [-0.05, 0) is 43.9 Å². The largest absolute Gasteiger partial charge is 0.319 e. The number of carbonyl (C=O) groups is 1. The van der Waals surface area contributed by atoms with Crippen LogP contribution in [0.3, 0.4) is 0 Å². The number of anilines is 1. The first-order valence-corrected chi connectivity index (χ1v) is 6.88. The summed E-state index contributed by atoms with van der Waals surface area (Å²) in [6.07, 6.45) is 2.67. The molecule has 1 aliphatic carbocycles. The first-order valence-electron chi connectivity index (χ1n) is 6.88. The number of hydrogen-bond acceptors (Lipinski definition) is 4. The minimum Gasteiger partial charge on any atom is -0.319 e. The molecule has 0 spiro atoms. The van der Waals surface area contributed by atoms with E-state index in [1.807, 2.05) is 6.92 Å². The van der Waals surface area contributed by atoms with Gasteiger partial charge in [0.05, 0.1) is 11.0 Å². The fourth-order valence-corrected chi connectivity index (χ4v) is 2.66. The van der Waals surface area contributed by atoms with Crippen LogP contribution in [0.1, 0.15) is 36.8 Å². The molecule has 1 amide bonds. The molecule has 1 fully saturated rings. The lowest BCUT2D eigenvalue weighted by atomic mass is 9.87. The van der Waals surface area contributed by atoms with Crippen molar-refractivity contribution >= 4 is 17.3 Å². The molecule has 6 nitrogen and oxygen atoms in total. The molecule has 0 aliphatic heterocycles. The number of nitriles is 1. The summed E-state index contributed by atoms with van der Waals surface area (Å²) in [6.45, 7) is 3.60. The molecule has 2 rings (SSSR count). The van der Waals surface area contributed by atoms with E-state index in [1.54, 1.807) is 13.0 Å². The van der Waals surface area contributed by atoms with Gasteiger partial charge in [-0.1, -0.05) is 12.8 Å². The molecule has 0 saturated heterocycles. The number of nitrogens with zero attached hydrogens (tertiary/aromatic N) is 2. The second-order valence-corrected chi connectivity index (χ2v) is 5.57. The van der Waals surface area contributed by atoms with Crippen LogP contribution in [0.5, 0.6) is 0 Å². The van der Waals surface area contributed by atoms with Crippen molar-refractivity contribution in [1.82, 2.24) is 0 Å². The molecule has 1 aliphatic rings. The lowest BCUT2D eigenvalue weighted by molar-refractivity contribution is -0.384. The lowest BCUT2D eigenvalue weighted by Gasteiger charge is -2.19. The highest BCUT2D eigenvalue weighted by atomic mass is 16.6. The number of benzene rings is 1. The van der Waals surface area contributed by atoms with E-state index < -0.39 is 16.2 Å². The topological polar surface area (TPSA) is 96.0 Å². The Kier molecular flexibility index (Phi) is 3.94. The monoisotopic (exact) mass is 287 g/mol. The molecule has 21 heavy (non-hydrogen) atoms. The van der Waals surface area contributed by atoms with E-state index >= 15 is 0 Å². The zero-order valence-corrected chi connectivity index (χ0v) is 12.1. The number of nitrogens with one attached hydrogen (secondary N) is 1. The predicted octanol–water partition coefficient (Wildman–Crippen LogP) is 3.23. The van der Waals surface area contributed by atoms with Gasteiger partial charge in [0, 0.05) is 6.07 Å². The number of carbonyl (C=O) groups excluding carboxylic acids is 1. The Bertz CT molecular complexity index is 640. The van der Waals surface area contributed by atoms with Crippen molar-refractivity contribution in [3.63, 3.8) is 0 Å². The van der Waals surface area contributed by atoms with Crippen LogP contribution in [0.2, 0.25) is 0 Å². The van der Waals surface area contributed by atoms with Crippen LogP contribution in [0.15, 0.2) is 12.1 Å². The molecule has 0 radical (unpaired) electrons. The predicted molar refractivity (Wildman–Crippen MR) is 77.7 cm³/mol. The summed E-state index contributed by atoms with van der Waals surface area (Å²) >= 11 is 0. The van der Waals surface area contributed by atoms with E-state index in [9.17, 15) is 20.2 Å². The number of amides is 1. The van der Waals surface area contributed by atoms with Crippen molar-refractivity contribution in [2.24, 2.45) is 5.41 Å². The average Bonchev–Trinajstić information content (AvgIpc) is 2.92. The maximum Gasteiger partial charge on any atom is 0.293 e. The van der Waals surface area contributed by atoms with Crippen LogP contribution < -0.4 is 5.32 Å². The average molecular weight is 287 g/mol. The van der Waals surface area contributed by atoms with Crippen LogP contribution in [0, 0.1) is 40.7 Å². The molecule has 1 saturated carbocycles. The summed E-state index contributed by atoms with van der Waals surface area (Å²) in [7, 11) is 0. The van der Waals surface area contributed by atoms with E-state index in [0.29, 0.717) is 12.8 Å². The molecular weight excluding hydrogens is 270 g/mol. The van der Waals surface area contributed by atoms with Gasteiger partial charge in [0.1, 0.15) is 11.1 Å². The van der Waals surface area contributed by atoms with Gasteiger partial charge in [-0.3, -0.25) is 14.9 Å². The van der Waals surface area contributed by atoms with Crippen LogP contribution in [-0.4, -0.2) is 10.8 Å². The molecule has 0 bridgehead atoms. The Balaban J connectivity index is 2.35. The van der Waals surface area contributed by atoms with Gasteiger partial charge < -0.3 is 5.32 Å². The SMILES string of the molecule is Cc1cc(NC(=O)C2(C#N)CCCC2)c([N+](=O)[O-])cc1C. The molecule has 0 aromatic heterocycles. The summed E-state index contributed by atoms with van der Waals surface area (Å²) in [5, 5.41) is 23.0. The van der Waals surface area contributed by atoms with Gasteiger partial charge in [-0.15, -0.1) is 0 Å². The molecule has 0 unspecified atom stereocenters. The van der Waals surface area contributed by atoms with E-state index in [1.165, 1.54) is 6.07 Å². The van der Waals surface area contributed by atoms with Gasteiger partial charge in [-0.2, -0.15) is 5.26 Å². The number of rotatable bonds is 3. The van der Waals surface area contributed by atoms with Crippen molar-refractivity contribution in [3.05, 3.63) is 33.4 Å². The quantitative estimate of drug-likeness (QED) is 0.681. The summed E-state index contributed by atoms with van der Waals surface area (Å²) in [5.74, 6) is -0.436. The molecule has 110 valence electrons. The van der Waals surface area contributed by atoms with E-state index in [-0.39, 0.29) is 11.4 Å². The number of nitro groups is 1. The highest BCUT2D eigenvalue weighted by molar-refractivity contribution is 5.99. The Morgan fingerprint density at radius 3 is 2.43 bits per heavy atom. The van der Waals surface area contributed by atoms with Crippen molar-refractivity contribution in [2.45, 2.75) is 39.5 Å². The van der Waals surface area contributed by atoms with E-state index in [0.717, 1.165) is 24.0 Å². The first kappa shape index (κ1) is 15.0. The number of hydrogen-bond donors (Lipinski definition) is 1. The summed E-state index contributed by atoms with van der Waals surface area (Å²) in [6, 6.07) is 5.12. The Hall–Kier alpha value is -2.42. The van der Waals surface area contributed by atoms with Crippen LogP contribution in [-0.2, 0) is 4.79 Å². The molecular formula is C15H17N3O3. The normalized spacial score (nSPS) is 16.2. The molecule has 1 N–H and O–H groups in total. The highest BCUT2D eigenvalue weighted by Crippen LogP contribution is 2.39. The number of nitro benzene ring substituents is 1. The lowest BCUT2D eigenvalue weighted by Crippen LogP contribution is -2.32. The van der Waals surface area contributed by atoms with Crippen molar-refractivity contribution in [2.75, 3.05) is 5.32 Å². The van der Waals surface area contributed by atoms with Gasteiger partial charge in [-0.25, -0.2) is 0 Å². The van der Waals surface area contributed by atoms with Crippen LogP contribution >= 0.6 is 0 Å². The second-order valence-electron chi connectivity index (χ2n) is 5.57. The fourth-order valence-electron chi connectivity index (χ4n) is 2.66. The second kappa shape index (κ2) is 5.52. The van der Waals surface area contributed by atoms with Crippen LogP contribution in [0.25, 0.3) is 0 Å². The zero-order chi connectivity index (χ0) is 15.6. The van der Waals surface area contributed by atoms with E-state index in [4.69, 9.17) is 0 Å². The number of aryl methyl sites for hydroxylation is 2. The minimum absolute atomic E-state index is 0.141. The van der Waals surface area contributed by atoms with Crippen molar-refractivity contribution in [1.29, 1.82) is 5.26 Å². The Labute approximate surface area is 122 Å². The molecule has 0 atom stereocenters. The molecule has 6 heteroatoms. The smallest absolute Gasteiger partial charge is 0.293 e. The Morgan fingerprint density at radius 2 is 1.90 bits per heavy atom. The fraction of sp³-hybridized carbons (Fsp3) is 0.467. The maximum absolute atomic E-state index is 12.4. The van der Waals surface area contributed by atoms with Gasteiger partial charge >= 0.3 is 0 Å². The standard InChI is InChI=1S/C15H17N3O3/c1-10-7-12(13(18(20)21)8-11(10)2)17-14(19)15(9-16)5-3-4-6-15/h7-8H,3-6H2,1-2H3,(H,17,19). The Morgan fingerprint density at radius 1 is 1.33 bits per heavy atom. The molecule has 1 aromatic rings.